The molecule has 7 nitrogen and oxygen atoms in total. The van der Waals surface area contributed by atoms with Crippen LogP contribution in [0.15, 0.2) is 30.6 Å². The molecule has 142 valence electrons. The van der Waals surface area contributed by atoms with Crippen molar-refractivity contribution in [2.45, 2.75) is 32.8 Å². The monoisotopic (exact) mass is 366 g/mol. The third kappa shape index (κ3) is 4.42. The van der Waals surface area contributed by atoms with Gasteiger partial charge in [0.25, 0.3) is 0 Å². The highest BCUT2D eigenvalue weighted by atomic mass is 16.5. The quantitative estimate of drug-likeness (QED) is 0.537. The van der Waals surface area contributed by atoms with Gasteiger partial charge in [-0.05, 0) is 57.0 Å². The summed E-state index contributed by atoms with van der Waals surface area (Å²) in [5, 5.41) is 16.0. The molecule has 0 aliphatic carbocycles. The van der Waals surface area contributed by atoms with E-state index in [0.29, 0.717) is 28.6 Å². The molecule has 0 amide bonds. The van der Waals surface area contributed by atoms with Gasteiger partial charge in [-0.25, -0.2) is 9.97 Å². The normalized spacial score (nSPS) is 15.0. The molecule has 2 heterocycles. The van der Waals surface area contributed by atoms with Crippen LogP contribution in [0, 0.1) is 16.7 Å². The van der Waals surface area contributed by atoms with Gasteiger partial charge in [-0.2, -0.15) is 0 Å². The number of nitrogen functional groups attached to an aromatic ring is 1. The van der Waals surface area contributed by atoms with Gasteiger partial charge in [-0.15, -0.1) is 0 Å². The summed E-state index contributed by atoms with van der Waals surface area (Å²) in [5.74, 6) is 1.84. The van der Waals surface area contributed by atoms with Crippen molar-refractivity contribution >= 4 is 23.4 Å². The predicted octanol–water partition coefficient (Wildman–Crippen LogP) is 3.13. The first kappa shape index (κ1) is 18.8. The third-order valence-corrected chi connectivity index (χ3v) is 4.67. The number of ether oxygens (including phenoxy) is 1. The lowest BCUT2D eigenvalue weighted by atomic mass is 9.98. The maximum absolute atomic E-state index is 8.59. The van der Waals surface area contributed by atoms with Crippen molar-refractivity contribution < 1.29 is 4.74 Å². The van der Waals surface area contributed by atoms with Crippen molar-refractivity contribution in [2.24, 2.45) is 5.92 Å². The van der Waals surface area contributed by atoms with Crippen molar-refractivity contribution in [1.29, 1.82) is 10.8 Å². The highest BCUT2D eigenvalue weighted by Gasteiger charge is 2.20. The molecule has 0 bridgehead atoms. The van der Waals surface area contributed by atoms with Gasteiger partial charge in [-0.1, -0.05) is 0 Å². The Balaban J connectivity index is 1.83. The first-order chi connectivity index (χ1) is 13.0. The van der Waals surface area contributed by atoms with Crippen molar-refractivity contribution in [3.05, 3.63) is 41.9 Å². The molecular weight excluding hydrogens is 340 g/mol. The summed E-state index contributed by atoms with van der Waals surface area (Å²) < 4.78 is 5.72. The minimum absolute atomic E-state index is 0.0465. The highest BCUT2D eigenvalue weighted by molar-refractivity contribution is 6.13. The number of nitrogens with two attached hydrogens (primary N) is 1. The number of piperidine rings is 1. The number of anilines is 2. The Morgan fingerprint density at radius 3 is 2.67 bits per heavy atom. The minimum atomic E-state index is 0.0465. The Morgan fingerprint density at radius 1 is 1.26 bits per heavy atom. The summed E-state index contributed by atoms with van der Waals surface area (Å²) in [6.45, 7) is 5.62. The molecule has 3 rings (SSSR count). The largest absolute Gasteiger partial charge is 0.491 e. The zero-order chi connectivity index (χ0) is 19.4. The Kier molecular flexibility index (Phi) is 5.69. The van der Waals surface area contributed by atoms with Crippen LogP contribution in [0.4, 0.5) is 11.5 Å². The van der Waals surface area contributed by atoms with E-state index in [1.54, 1.807) is 12.1 Å². The number of aromatic nitrogens is 2. The van der Waals surface area contributed by atoms with Crippen LogP contribution < -0.4 is 15.4 Å². The van der Waals surface area contributed by atoms with E-state index in [2.05, 4.69) is 14.9 Å². The lowest BCUT2D eigenvalue weighted by molar-refractivity contribution is 0.242. The molecule has 1 saturated heterocycles. The summed E-state index contributed by atoms with van der Waals surface area (Å²) in [7, 11) is 0. The second-order valence-corrected chi connectivity index (χ2v) is 7.04. The Hall–Kier alpha value is -2.96. The van der Waals surface area contributed by atoms with Crippen LogP contribution in [-0.4, -0.2) is 41.1 Å². The molecule has 4 N–H and O–H groups in total. The molecule has 0 radical (unpaired) electrons. The van der Waals surface area contributed by atoms with Gasteiger partial charge >= 0.3 is 0 Å². The van der Waals surface area contributed by atoms with Gasteiger partial charge in [0.15, 0.2) is 0 Å². The van der Waals surface area contributed by atoms with Crippen molar-refractivity contribution in [3.63, 3.8) is 0 Å². The van der Waals surface area contributed by atoms with Crippen molar-refractivity contribution in [1.82, 2.24) is 9.97 Å². The van der Waals surface area contributed by atoms with E-state index < -0.39 is 0 Å². The molecule has 7 heteroatoms. The van der Waals surface area contributed by atoms with Gasteiger partial charge in [0.2, 0.25) is 0 Å². The van der Waals surface area contributed by atoms with Gasteiger partial charge in [0.1, 0.15) is 17.9 Å². The van der Waals surface area contributed by atoms with E-state index in [0.717, 1.165) is 31.7 Å². The predicted molar refractivity (Wildman–Crippen MR) is 108 cm³/mol. The molecule has 0 saturated carbocycles. The lowest BCUT2D eigenvalue weighted by Gasteiger charge is -2.31. The number of benzene rings is 1. The summed E-state index contributed by atoms with van der Waals surface area (Å²) >= 11 is 0. The van der Waals surface area contributed by atoms with Crippen LogP contribution >= 0.6 is 0 Å². The average molecular weight is 366 g/mol. The zero-order valence-electron chi connectivity index (χ0n) is 15.8. The molecule has 0 atom stereocenters. The van der Waals surface area contributed by atoms with Crippen LogP contribution in [0.25, 0.3) is 0 Å². The molecule has 27 heavy (non-hydrogen) atoms. The molecule has 0 unspecified atom stereocenters. The van der Waals surface area contributed by atoms with Crippen molar-refractivity contribution in [3.8, 4) is 5.75 Å². The number of hydrogen-bond donors (Lipinski definition) is 3. The minimum Gasteiger partial charge on any atom is -0.491 e. The summed E-state index contributed by atoms with van der Waals surface area (Å²) in [6, 6.07) is 7.19. The summed E-state index contributed by atoms with van der Waals surface area (Å²) in [6.07, 6.45) is 4.97. The van der Waals surface area contributed by atoms with Gasteiger partial charge in [0.05, 0.1) is 17.5 Å². The summed E-state index contributed by atoms with van der Waals surface area (Å²) in [5.41, 5.74) is 7.99. The van der Waals surface area contributed by atoms with Crippen molar-refractivity contribution in [2.75, 3.05) is 23.7 Å². The Bertz CT molecular complexity index is 827. The standard InChI is InChI=1S/C20H26N6O/c1-13(2)27-15-3-4-17(22)16(9-15)20(23)18-10-19(25-12-24-18)26-7-5-14(11-21)6-8-26/h3-4,9-14,21,23H,5-8,22H2,1-2H3. The maximum Gasteiger partial charge on any atom is 0.132 e. The van der Waals surface area contributed by atoms with E-state index >= 15 is 0 Å². The molecule has 1 aromatic carbocycles. The molecule has 2 aromatic rings. The van der Waals surface area contributed by atoms with Crippen LogP contribution in [0.5, 0.6) is 5.75 Å². The molecule has 1 aliphatic rings. The van der Waals surface area contributed by atoms with E-state index in [1.165, 1.54) is 12.5 Å². The fourth-order valence-corrected chi connectivity index (χ4v) is 3.19. The fraction of sp³-hybridized carbons (Fsp3) is 0.400. The molecule has 1 fully saturated rings. The maximum atomic E-state index is 8.59. The molecule has 1 aliphatic heterocycles. The van der Waals surface area contributed by atoms with E-state index in [-0.39, 0.29) is 11.8 Å². The van der Waals surface area contributed by atoms with Crippen LogP contribution in [-0.2, 0) is 0 Å². The van der Waals surface area contributed by atoms with E-state index in [4.69, 9.17) is 21.3 Å². The third-order valence-electron chi connectivity index (χ3n) is 4.67. The van der Waals surface area contributed by atoms with Crippen LogP contribution in [0.2, 0.25) is 0 Å². The second kappa shape index (κ2) is 8.16. The smallest absolute Gasteiger partial charge is 0.132 e. The average Bonchev–Trinajstić information content (AvgIpc) is 2.68. The topological polar surface area (TPSA) is 112 Å². The molecule has 1 aromatic heterocycles. The summed E-state index contributed by atoms with van der Waals surface area (Å²) in [4.78, 5) is 10.8. The van der Waals surface area contributed by atoms with Crippen LogP contribution in [0.3, 0.4) is 0 Å². The second-order valence-electron chi connectivity index (χ2n) is 7.04. The first-order valence-corrected chi connectivity index (χ1v) is 9.21. The molecule has 0 spiro atoms. The van der Waals surface area contributed by atoms with E-state index in [1.807, 2.05) is 26.0 Å². The molecular formula is C20H26N6O. The lowest BCUT2D eigenvalue weighted by Crippen LogP contribution is -2.34. The number of nitrogens with one attached hydrogen (secondary N) is 2. The highest BCUT2D eigenvalue weighted by Crippen LogP contribution is 2.25. The fourth-order valence-electron chi connectivity index (χ4n) is 3.19. The Labute approximate surface area is 159 Å². The number of nitrogens with zero attached hydrogens (tertiary/aromatic N) is 3. The van der Waals surface area contributed by atoms with E-state index in [9.17, 15) is 0 Å². The number of rotatable bonds is 6. The SMILES string of the molecule is CC(C)Oc1ccc(N)c(C(=N)c2cc(N3CCC(C=N)CC3)ncn2)c1. The number of hydrogen-bond acceptors (Lipinski definition) is 7. The van der Waals surface area contributed by atoms with Gasteiger partial charge in [0, 0.05) is 30.4 Å². The van der Waals surface area contributed by atoms with Crippen LogP contribution in [0.1, 0.15) is 37.9 Å². The van der Waals surface area contributed by atoms with Gasteiger partial charge in [-0.3, -0.25) is 5.41 Å². The Morgan fingerprint density at radius 2 is 2.00 bits per heavy atom. The zero-order valence-corrected chi connectivity index (χ0v) is 15.8. The first-order valence-electron chi connectivity index (χ1n) is 9.21. The van der Waals surface area contributed by atoms with Gasteiger partial charge < -0.3 is 20.8 Å².